The number of rotatable bonds is 6. The number of nitrogens with one attached hydrogen (secondary N) is 1. The van der Waals surface area contributed by atoms with Crippen LogP contribution in [0.15, 0.2) is 0 Å². The second-order valence-electron chi connectivity index (χ2n) is 5.21. The molecule has 4 heteroatoms. The van der Waals surface area contributed by atoms with Gasteiger partial charge in [-0.05, 0) is 45.2 Å². The SMILES string of the molecule is COC(=O)C(CCN1CCCCC1)NC1CC1. The Morgan fingerprint density at radius 2 is 2.06 bits per heavy atom. The van der Waals surface area contributed by atoms with Crippen molar-refractivity contribution >= 4 is 5.97 Å². The molecule has 1 saturated heterocycles. The highest BCUT2D eigenvalue weighted by molar-refractivity contribution is 5.75. The Balaban J connectivity index is 1.72. The summed E-state index contributed by atoms with van der Waals surface area (Å²) < 4.78 is 4.86. The summed E-state index contributed by atoms with van der Waals surface area (Å²) in [5.41, 5.74) is 0. The molecule has 1 saturated carbocycles. The smallest absolute Gasteiger partial charge is 0.322 e. The fourth-order valence-corrected chi connectivity index (χ4v) is 2.44. The van der Waals surface area contributed by atoms with Gasteiger partial charge in [0.2, 0.25) is 0 Å². The Morgan fingerprint density at radius 3 is 2.65 bits per heavy atom. The van der Waals surface area contributed by atoms with E-state index in [1.807, 2.05) is 0 Å². The van der Waals surface area contributed by atoms with E-state index < -0.39 is 0 Å². The van der Waals surface area contributed by atoms with E-state index in [2.05, 4.69) is 10.2 Å². The Morgan fingerprint density at radius 1 is 1.35 bits per heavy atom. The van der Waals surface area contributed by atoms with Crippen molar-refractivity contribution in [1.29, 1.82) is 0 Å². The van der Waals surface area contributed by atoms with Crippen LogP contribution in [0, 0.1) is 0 Å². The van der Waals surface area contributed by atoms with Crippen molar-refractivity contribution in [2.24, 2.45) is 0 Å². The Hall–Kier alpha value is -0.610. The lowest BCUT2D eigenvalue weighted by Gasteiger charge is -2.28. The highest BCUT2D eigenvalue weighted by atomic mass is 16.5. The van der Waals surface area contributed by atoms with Gasteiger partial charge in [-0.1, -0.05) is 6.42 Å². The monoisotopic (exact) mass is 240 g/mol. The van der Waals surface area contributed by atoms with Crippen LogP contribution in [-0.4, -0.2) is 49.7 Å². The highest BCUT2D eigenvalue weighted by Crippen LogP contribution is 2.20. The van der Waals surface area contributed by atoms with E-state index in [1.165, 1.54) is 52.3 Å². The van der Waals surface area contributed by atoms with Gasteiger partial charge in [-0.2, -0.15) is 0 Å². The van der Waals surface area contributed by atoms with E-state index in [0.29, 0.717) is 6.04 Å². The number of carbonyl (C=O) groups is 1. The van der Waals surface area contributed by atoms with Crippen molar-refractivity contribution in [3.8, 4) is 0 Å². The van der Waals surface area contributed by atoms with Crippen LogP contribution in [0.3, 0.4) is 0 Å². The summed E-state index contributed by atoms with van der Waals surface area (Å²) in [5.74, 6) is -0.103. The van der Waals surface area contributed by atoms with E-state index in [1.54, 1.807) is 0 Å². The minimum Gasteiger partial charge on any atom is -0.468 e. The summed E-state index contributed by atoms with van der Waals surface area (Å²) in [7, 11) is 1.48. The summed E-state index contributed by atoms with van der Waals surface area (Å²) >= 11 is 0. The van der Waals surface area contributed by atoms with Gasteiger partial charge in [0.15, 0.2) is 0 Å². The number of piperidine rings is 1. The van der Waals surface area contributed by atoms with E-state index >= 15 is 0 Å². The second-order valence-corrected chi connectivity index (χ2v) is 5.21. The minimum absolute atomic E-state index is 0.102. The molecule has 0 radical (unpaired) electrons. The number of hydrogen-bond donors (Lipinski definition) is 1. The molecule has 0 aromatic carbocycles. The highest BCUT2D eigenvalue weighted by Gasteiger charge is 2.29. The molecule has 1 aliphatic heterocycles. The first kappa shape index (κ1) is 12.8. The Kier molecular flexibility index (Phi) is 4.80. The summed E-state index contributed by atoms with van der Waals surface area (Å²) in [6.07, 6.45) is 7.26. The molecule has 4 nitrogen and oxygen atoms in total. The molecular formula is C13H24N2O2. The van der Waals surface area contributed by atoms with Crippen LogP contribution >= 0.6 is 0 Å². The molecule has 0 amide bonds. The van der Waals surface area contributed by atoms with Crippen LogP contribution in [0.5, 0.6) is 0 Å². The van der Waals surface area contributed by atoms with Crippen LogP contribution in [0.4, 0.5) is 0 Å². The molecule has 17 heavy (non-hydrogen) atoms. The molecule has 2 fully saturated rings. The zero-order chi connectivity index (χ0) is 12.1. The lowest BCUT2D eigenvalue weighted by Crippen LogP contribution is -2.42. The van der Waals surface area contributed by atoms with Gasteiger partial charge in [0.05, 0.1) is 7.11 Å². The van der Waals surface area contributed by atoms with Crippen LogP contribution in [0.25, 0.3) is 0 Å². The molecule has 2 aliphatic rings. The molecule has 0 bridgehead atoms. The van der Waals surface area contributed by atoms with Crippen LogP contribution < -0.4 is 5.32 Å². The molecule has 98 valence electrons. The fourth-order valence-electron chi connectivity index (χ4n) is 2.44. The molecule has 1 heterocycles. The van der Waals surface area contributed by atoms with Crippen molar-refractivity contribution < 1.29 is 9.53 Å². The maximum absolute atomic E-state index is 11.6. The molecule has 1 N–H and O–H groups in total. The van der Waals surface area contributed by atoms with E-state index in [-0.39, 0.29) is 12.0 Å². The molecular weight excluding hydrogens is 216 g/mol. The number of likely N-dealkylation sites (tertiary alicyclic amines) is 1. The maximum Gasteiger partial charge on any atom is 0.322 e. The lowest BCUT2D eigenvalue weighted by molar-refractivity contribution is -0.143. The third-order valence-corrected chi connectivity index (χ3v) is 3.68. The van der Waals surface area contributed by atoms with Gasteiger partial charge < -0.3 is 15.0 Å². The zero-order valence-corrected chi connectivity index (χ0v) is 10.8. The third-order valence-electron chi connectivity index (χ3n) is 3.68. The molecule has 1 atom stereocenters. The first-order valence-corrected chi connectivity index (χ1v) is 6.86. The van der Waals surface area contributed by atoms with Crippen LogP contribution in [0.1, 0.15) is 38.5 Å². The Labute approximate surface area is 104 Å². The predicted octanol–water partition coefficient (Wildman–Crippen LogP) is 1.16. The van der Waals surface area contributed by atoms with Crippen LogP contribution in [-0.2, 0) is 9.53 Å². The summed E-state index contributed by atoms with van der Waals surface area (Å²) in [6.45, 7) is 3.40. The van der Waals surface area contributed by atoms with Gasteiger partial charge in [-0.15, -0.1) is 0 Å². The molecule has 1 unspecified atom stereocenters. The second kappa shape index (κ2) is 6.36. The molecule has 2 rings (SSSR count). The van der Waals surface area contributed by atoms with Crippen LogP contribution in [0.2, 0.25) is 0 Å². The first-order valence-electron chi connectivity index (χ1n) is 6.86. The van der Waals surface area contributed by atoms with E-state index in [4.69, 9.17) is 4.74 Å². The lowest BCUT2D eigenvalue weighted by atomic mass is 10.1. The largest absolute Gasteiger partial charge is 0.468 e. The zero-order valence-electron chi connectivity index (χ0n) is 10.8. The maximum atomic E-state index is 11.6. The van der Waals surface area contributed by atoms with Gasteiger partial charge in [0, 0.05) is 12.6 Å². The van der Waals surface area contributed by atoms with E-state index in [9.17, 15) is 4.79 Å². The number of esters is 1. The number of methoxy groups -OCH3 is 1. The fraction of sp³-hybridized carbons (Fsp3) is 0.923. The van der Waals surface area contributed by atoms with Gasteiger partial charge in [-0.3, -0.25) is 4.79 Å². The molecule has 1 aliphatic carbocycles. The summed E-state index contributed by atoms with van der Waals surface area (Å²) in [5, 5.41) is 3.38. The predicted molar refractivity (Wildman–Crippen MR) is 66.9 cm³/mol. The van der Waals surface area contributed by atoms with Gasteiger partial charge in [-0.25, -0.2) is 0 Å². The average Bonchev–Trinajstić information content (AvgIpc) is 3.18. The first-order chi connectivity index (χ1) is 8.29. The molecule has 0 aromatic heterocycles. The number of ether oxygens (including phenoxy) is 1. The van der Waals surface area contributed by atoms with Gasteiger partial charge in [0.1, 0.15) is 6.04 Å². The summed E-state index contributed by atoms with van der Waals surface area (Å²) in [6, 6.07) is 0.454. The van der Waals surface area contributed by atoms with Crippen molar-refractivity contribution in [2.75, 3.05) is 26.7 Å². The normalized spacial score (nSPS) is 23.4. The van der Waals surface area contributed by atoms with Gasteiger partial charge >= 0.3 is 5.97 Å². The number of nitrogens with zero attached hydrogens (tertiary/aromatic N) is 1. The van der Waals surface area contributed by atoms with E-state index in [0.717, 1.165) is 13.0 Å². The van der Waals surface area contributed by atoms with Crippen molar-refractivity contribution in [3.63, 3.8) is 0 Å². The standard InChI is InChI=1S/C13H24N2O2/c1-17-13(16)12(14-11-5-6-11)7-10-15-8-3-2-4-9-15/h11-12,14H,2-10H2,1H3. The average molecular weight is 240 g/mol. The third kappa shape index (κ3) is 4.28. The van der Waals surface area contributed by atoms with Crippen molar-refractivity contribution in [2.45, 2.75) is 50.6 Å². The number of hydrogen-bond acceptors (Lipinski definition) is 4. The summed E-state index contributed by atoms with van der Waals surface area (Å²) in [4.78, 5) is 14.1. The molecule has 0 spiro atoms. The topological polar surface area (TPSA) is 41.6 Å². The van der Waals surface area contributed by atoms with Crippen molar-refractivity contribution in [3.05, 3.63) is 0 Å². The quantitative estimate of drug-likeness (QED) is 0.707. The Bertz CT molecular complexity index is 248. The van der Waals surface area contributed by atoms with Gasteiger partial charge in [0.25, 0.3) is 0 Å². The minimum atomic E-state index is -0.103. The molecule has 0 aromatic rings. The van der Waals surface area contributed by atoms with Crippen molar-refractivity contribution in [1.82, 2.24) is 10.2 Å². The number of carbonyl (C=O) groups excluding carboxylic acids is 1.